The van der Waals surface area contributed by atoms with Crippen LogP contribution >= 0.6 is 0 Å². The molecule has 1 atom stereocenters. The molecule has 0 unspecified atom stereocenters. The van der Waals surface area contributed by atoms with E-state index in [-0.39, 0.29) is 29.0 Å². The predicted molar refractivity (Wildman–Crippen MR) is 124 cm³/mol. The second-order valence-corrected chi connectivity index (χ2v) is 8.44. The minimum Gasteiger partial charge on any atom is -0.441 e. The topological polar surface area (TPSA) is 157 Å². The number of methoxy groups -OCH3 is 1. The van der Waals surface area contributed by atoms with Gasteiger partial charge in [-0.3, -0.25) is 14.8 Å². The average molecular weight is 512 g/mol. The fraction of sp³-hybridized carbons (Fsp3) is 0.348. The third-order valence-corrected chi connectivity index (χ3v) is 5.99. The van der Waals surface area contributed by atoms with E-state index in [1.807, 2.05) is 0 Å². The van der Waals surface area contributed by atoms with E-state index in [2.05, 4.69) is 36.8 Å². The largest absolute Gasteiger partial charge is 0.441 e. The third kappa shape index (κ3) is 5.36. The van der Waals surface area contributed by atoms with Crippen LogP contribution in [0.5, 0.6) is 0 Å². The van der Waals surface area contributed by atoms with Crippen molar-refractivity contribution in [2.24, 2.45) is 13.0 Å². The Labute approximate surface area is 209 Å². The highest BCUT2D eigenvalue weighted by molar-refractivity contribution is 5.93. The first-order valence-electron chi connectivity index (χ1n) is 11.0. The summed E-state index contributed by atoms with van der Waals surface area (Å²) < 4.78 is 39.0. The van der Waals surface area contributed by atoms with E-state index in [1.165, 1.54) is 37.3 Å². The molecule has 0 bridgehead atoms. The van der Waals surface area contributed by atoms with Gasteiger partial charge in [-0.05, 0) is 13.0 Å². The monoisotopic (exact) mass is 512 g/mol. The molecule has 1 fully saturated rings. The third-order valence-electron chi connectivity index (χ3n) is 5.99. The van der Waals surface area contributed by atoms with Crippen LogP contribution in [0.25, 0.3) is 11.4 Å². The smallest absolute Gasteiger partial charge is 0.413 e. The number of nitrogens with one attached hydrogen (secondary N) is 2. The van der Waals surface area contributed by atoms with Crippen LogP contribution in [0.4, 0.5) is 25.1 Å². The summed E-state index contributed by atoms with van der Waals surface area (Å²) in [4.78, 5) is 36.6. The van der Waals surface area contributed by atoms with Crippen LogP contribution in [0, 0.1) is 29.0 Å². The molecule has 1 saturated carbocycles. The van der Waals surface area contributed by atoms with Crippen LogP contribution in [-0.2, 0) is 21.3 Å². The highest BCUT2D eigenvalue weighted by Crippen LogP contribution is 2.40. The van der Waals surface area contributed by atoms with E-state index in [0.29, 0.717) is 24.1 Å². The molecule has 1 aliphatic carbocycles. The second-order valence-electron chi connectivity index (χ2n) is 8.44. The highest BCUT2D eigenvalue weighted by atomic mass is 19.1. The first-order chi connectivity index (χ1) is 17.6. The number of anilines is 2. The number of pyridine rings is 1. The number of hydrogen-bond acceptors (Lipinski definition) is 9. The Kier molecular flexibility index (Phi) is 7.07. The van der Waals surface area contributed by atoms with Gasteiger partial charge in [0.05, 0.1) is 47.7 Å². The molecule has 3 aromatic heterocycles. The Morgan fingerprint density at radius 3 is 2.54 bits per heavy atom. The molecule has 3 aromatic rings. The van der Waals surface area contributed by atoms with Crippen molar-refractivity contribution in [1.82, 2.24) is 24.7 Å². The molecular formula is C23H22F2N8O4. The lowest BCUT2D eigenvalue weighted by Crippen LogP contribution is -2.48. The molecule has 0 aliphatic heterocycles. The Bertz CT molecular complexity index is 1370. The van der Waals surface area contributed by atoms with Crippen molar-refractivity contribution in [2.45, 2.75) is 31.5 Å². The molecule has 37 heavy (non-hydrogen) atoms. The maximum Gasteiger partial charge on any atom is 0.413 e. The SMILES string of the molecule is COC1(C#N)CC(C(=O)Nc2cnc(-c3cnn(C)c3NC(=O)O[C@H](C)c3cc(F)cnc3F)nc2)C1. The van der Waals surface area contributed by atoms with Gasteiger partial charge >= 0.3 is 6.09 Å². The van der Waals surface area contributed by atoms with Crippen LogP contribution < -0.4 is 10.6 Å². The molecule has 192 valence electrons. The summed E-state index contributed by atoms with van der Waals surface area (Å²) in [7, 11) is 3.00. The lowest BCUT2D eigenvalue weighted by Gasteiger charge is -2.40. The number of ether oxygens (including phenoxy) is 2. The predicted octanol–water partition coefficient (Wildman–Crippen LogP) is 3.12. The quantitative estimate of drug-likeness (QED) is 0.454. The van der Waals surface area contributed by atoms with Gasteiger partial charge in [0.2, 0.25) is 11.9 Å². The Morgan fingerprint density at radius 2 is 1.89 bits per heavy atom. The molecule has 12 nitrogen and oxygen atoms in total. The maximum absolute atomic E-state index is 13.9. The summed E-state index contributed by atoms with van der Waals surface area (Å²) in [5, 5.41) is 18.5. The number of halogens is 2. The number of carbonyl (C=O) groups is 2. The molecule has 0 aromatic carbocycles. The zero-order chi connectivity index (χ0) is 26.7. The maximum atomic E-state index is 13.9. The van der Waals surface area contributed by atoms with Crippen molar-refractivity contribution in [1.29, 1.82) is 5.26 Å². The number of nitrogens with zero attached hydrogens (tertiary/aromatic N) is 6. The van der Waals surface area contributed by atoms with Gasteiger partial charge in [-0.1, -0.05) is 0 Å². The normalized spacial score (nSPS) is 19.3. The summed E-state index contributed by atoms with van der Waals surface area (Å²) in [5.74, 6) is -1.97. The van der Waals surface area contributed by atoms with Gasteiger partial charge in [-0.2, -0.15) is 14.8 Å². The molecule has 0 radical (unpaired) electrons. The van der Waals surface area contributed by atoms with Crippen molar-refractivity contribution in [2.75, 3.05) is 17.7 Å². The number of nitriles is 1. The van der Waals surface area contributed by atoms with E-state index in [0.717, 1.165) is 12.3 Å². The minimum atomic E-state index is -1.13. The summed E-state index contributed by atoms with van der Waals surface area (Å²) in [5.41, 5.74) is -0.448. The Balaban J connectivity index is 1.40. The van der Waals surface area contributed by atoms with Gasteiger partial charge < -0.3 is 14.8 Å². The van der Waals surface area contributed by atoms with Crippen molar-refractivity contribution in [3.05, 3.63) is 48.2 Å². The first-order valence-corrected chi connectivity index (χ1v) is 11.0. The molecule has 1 aliphatic rings. The number of rotatable bonds is 7. The summed E-state index contributed by atoms with van der Waals surface area (Å²) >= 11 is 0. The van der Waals surface area contributed by atoms with Crippen LogP contribution in [0.3, 0.4) is 0 Å². The standard InChI is InChI=1S/C23H22F2N8O4/c1-12(16-4-14(24)7-27-18(16)25)37-22(35)32-20-17(10-30-33(20)2)19-28-8-15(9-29-19)31-21(34)13-5-23(6-13,11-26)36-3/h4,7-10,12-13H,5-6H2,1-3H3,(H,31,34)(H,32,35)/t12-,13?,23?/m1/s1. The average Bonchev–Trinajstić information content (AvgIpc) is 3.20. The van der Waals surface area contributed by atoms with Gasteiger partial charge in [-0.15, -0.1) is 0 Å². The molecule has 0 spiro atoms. The minimum absolute atomic E-state index is 0.189. The number of hydrogen-bond donors (Lipinski definition) is 2. The summed E-state index contributed by atoms with van der Waals surface area (Å²) in [6.07, 6.45) is 3.44. The zero-order valence-corrected chi connectivity index (χ0v) is 20.0. The van der Waals surface area contributed by atoms with E-state index in [1.54, 1.807) is 7.05 Å². The molecule has 4 rings (SSSR count). The highest BCUT2D eigenvalue weighted by Gasteiger charge is 2.48. The summed E-state index contributed by atoms with van der Waals surface area (Å²) in [6.45, 7) is 1.37. The van der Waals surface area contributed by atoms with E-state index >= 15 is 0 Å². The number of carbonyl (C=O) groups excluding carboxylic acids is 2. The van der Waals surface area contributed by atoms with Gasteiger partial charge in [0.1, 0.15) is 17.7 Å². The molecule has 2 N–H and O–H groups in total. The van der Waals surface area contributed by atoms with Crippen molar-refractivity contribution in [3.8, 4) is 17.5 Å². The van der Waals surface area contributed by atoms with Crippen molar-refractivity contribution >= 4 is 23.5 Å². The van der Waals surface area contributed by atoms with Crippen molar-refractivity contribution < 1.29 is 27.8 Å². The van der Waals surface area contributed by atoms with E-state index in [9.17, 15) is 18.4 Å². The number of aromatic nitrogens is 5. The van der Waals surface area contributed by atoms with Crippen LogP contribution in [0.2, 0.25) is 0 Å². The van der Waals surface area contributed by atoms with Gasteiger partial charge in [-0.25, -0.2) is 24.1 Å². The van der Waals surface area contributed by atoms with Crippen LogP contribution in [0.1, 0.15) is 31.4 Å². The van der Waals surface area contributed by atoms with Gasteiger partial charge in [0.15, 0.2) is 11.4 Å². The fourth-order valence-corrected chi connectivity index (χ4v) is 3.82. The van der Waals surface area contributed by atoms with Crippen molar-refractivity contribution in [3.63, 3.8) is 0 Å². The molecular weight excluding hydrogens is 490 g/mol. The molecule has 2 amide bonds. The Hall–Kier alpha value is -4.51. The van der Waals surface area contributed by atoms with Gasteiger partial charge in [0.25, 0.3) is 0 Å². The lowest BCUT2D eigenvalue weighted by molar-refractivity contribution is -0.132. The first kappa shape index (κ1) is 25.6. The molecule has 14 heteroatoms. The molecule has 0 saturated heterocycles. The number of aryl methyl sites for hydroxylation is 1. The second kappa shape index (κ2) is 10.2. The van der Waals surface area contributed by atoms with E-state index in [4.69, 9.17) is 14.7 Å². The number of amides is 2. The Morgan fingerprint density at radius 1 is 1.19 bits per heavy atom. The molecule has 3 heterocycles. The van der Waals surface area contributed by atoms with Crippen LogP contribution in [-0.4, -0.2) is 49.4 Å². The fourth-order valence-electron chi connectivity index (χ4n) is 3.82. The van der Waals surface area contributed by atoms with E-state index < -0.39 is 29.6 Å². The van der Waals surface area contributed by atoms with Gasteiger partial charge in [0, 0.05) is 32.9 Å². The lowest BCUT2D eigenvalue weighted by atomic mass is 9.71. The summed E-state index contributed by atoms with van der Waals surface area (Å²) in [6, 6.07) is 2.97. The zero-order valence-electron chi connectivity index (χ0n) is 20.0. The van der Waals surface area contributed by atoms with Crippen LogP contribution in [0.15, 0.2) is 30.9 Å².